The van der Waals surface area contributed by atoms with Gasteiger partial charge in [0.2, 0.25) is 0 Å². The largest absolute Gasteiger partial charge is 0.308 e. The Kier molecular flexibility index (Phi) is 3.63. The minimum absolute atomic E-state index is 0.0489. The summed E-state index contributed by atoms with van der Waals surface area (Å²) < 4.78 is 1.64. The van der Waals surface area contributed by atoms with E-state index >= 15 is 0 Å². The number of benzene rings is 1. The van der Waals surface area contributed by atoms with E-state index in [9.17, 15) is 0 Å². The van der Waals surface area contributed by atoms with Gasteiger partial charge in [-0.2, -0.15) is 5.26 Å². The van der Waals surface area contributed by atoms with E-state index in [0.29, 0.717) is 0 Å². The highest BCUT2D eigenvalue weighted by Crippen LogP contribution is 2.14. The lowest BCUT2D eigenvalue weighted by atomic mass is 10.1. The molecule has 98 valence electrons. The zero-order valence-corrected chi connectivity index (χ0v) is 11.4. The van der Waals surface area contributed by atoms with E-state index in [1.165, 1.54) is 0 Å². The molecule has 19 heavy (non-hydrogen) atoms. The molecule has 1 aromatic heterocycles. The summed E-state index contributed by atoms with van der Waals surface area (Å²) in [7, 11) is 0. The fourth-order valence-corrected chi connectivity index (χ4v) is 1.67. The van der Waals surface area contributed by atoms with Crippen molar-refractivity contribution in [1.29, 1.82) is 5.26 Å². The fourth-order valence-electron chi connectivity index (χ4n) is 1.67. The average Bonchev–Trinajstić information content (AvgIpc) is 2.84. The van der Waals surface area contributed by atoms with Crippen LogP contribution in [0.2, 0.25) is 0 Å². The van der Waals surface area contributed by atoms with E-state index in [1.807, 2.05) is 30.3 Å². The predicted octanol–water partition coefficient (Wildman–Crippen LogP) is 2.03. The Bertz CT molecular complexity index is 601. The SMILES string of the molecule is CC(C)(C)NCc1ccccc1-n1cnc(C#N)n1. The Morgan fingerprint density at radius 1 is 1.32 bits per heavy atom. The average molecular weight is 255 g/mol. The number of rotatable bonds is 3. The van der Waals surface area contributed by atoms with Crippen LogP contribution in [0.5, 0.6) is 0 Å². The van der Waals surface area contributed by atoms with Crippen molar-refractivity contribution in [3.63, 3.8) is 0 Å². The molecule has 0 unspecified atom stereocenters. The van der Waals surface area contributed by atoms with Crippen LogP contribution in [0, 0.1) is 11.3 Å². The third kappa shape index (κ3) is 3.39. The molecule has 5 heteroatoms. The first-order chi connectivity index (χ1) is 8.99. The molecule has 0 aliphatic heterocycles. The first-order valence-corrected chi connectivity index (χ1v) is 6.15. The summed E-state index contributed by atoms with van der Waals surface area (Å²) in [5.41, 5.74) is 2.10. The van der Waals surface area contributed by atoms with Gasteiger partial charge in [-0.05, 0) is 32.4 Å². The predicted molar refractivity (Wildman–Crippen MR) is 72.7 cm³/mol. The summed E-state index contributed by atoms with van der Waals surface area (Å²) in [5, 5.41) is 16.3. The Morgan fingerprint density at radius 3 is 2.68 bits per heavy atom. The van der Waals surface area contributed by atoms with Crippen LogP contribution >= 0.6 is 0 Å². The molecule has 1 aromatic carbocycles. The number of aromatic nitrogens is 3. The molecule has 0 atom stereocenters. The van der Waals surface area contributed by atoms with E-state index in [0.717, 1.165) is 17.8 Å². The smallest absolute Gasteiger partial charge is 0.252 e. The van der Waals surface area contributed by atoms with Crippen LogP contribution in [0.3, 0.4) is 0 Å². The minimum atomic E-state index is 0.0489. The molecule has 0 bridgehead atoms. The molecular weight excluding hydrogens is 238 g/mol. The summed E-state index contributed by atoms with van der Waals surface area (Å²) in [6.45, 7) is 7.11. The number of nitrogens with one attached hydrogen (secondary N) is 1. The second-order valence-corrected chi connectivity index (χ2v) is 5.36. The molecule has 0 radical (unpaired) electrons. The lowest BCUT2D eigenvalue weighted by Gasteiger charge is -2.21. The van der Waals surface area contributed by atoms with Crippen molar-refractivity contribution in [3.8, 4) is 11.8 Å². The van der Waals surface area contributed by atoms with Crippen LogP contribution in [-0.4, -0.2) is 20.3 Å². The van der Waals surface area contributed by atoms with Crippen molar-refractivity contribution in [2.24, 2.45) is 0 Å². The van der Waals surface area contributed by atoms with Crippen molar-refractivity contribution >= 4 is 0 Å². The first-order valence-electron chi connectivity index (χ1n) is 6.15. The highest BCUT2D eigenvalue weighted by Gasteiger charge is 2.11. The molecule has 0 aliphatic carbocycles. The quantitative estimate of drug-likeness (QED) is 0.911. The number of para-hydroxylation sites is 1. The molecule has 5 nitrogen and oxygen atoms in total. The molecule has 0 aliphatic rings. The minimum Gasteiger partial charge on any atom is -0.308 e. The number of hydrogen-bond acceptors (Lipinski definition) is 4. The van der Waals surface area contributed by atoms with Crippen molar-refractivity contribution in [3.05, 3.63) is 42.0 Å². The molecule has 0 saturated heterocycles. The molecule has 0 spiro atoms. The molecule has 2 rings (SSSR count). The summed E-state index contributed by atoms with van der Waals surface area (Å²) >= 11 is 0. The molecule has 0 saturated carbocycles. The van der Waals surface area contributed by atoms with E-state index < -0.39 is 0 Å². The molecule has 2 aromatic rings. The fraction of sp³-hybridized carbons (Fsp3) is 0.357. The molecular formula is C14H17N5. The number of nitriles is 1. The monoisotopic (exact) mass is 255 g/mol. The van der Waals surface area contributed by atoms with Crippen LogP contribution < -0.4 is 5.32 Å². The van der Waals surface area contributed by atoms with E-state index in [-0.39, 0.29) is 11.4 Å². The zero-order chi connectivity index (χ0) is 13.9. The second kappa shape index (κ2) is 5.21. The Labute approximate surface area is 112 Å². The Morgan fingerprint density at radius 2 is 2.05 bits per heavy atom. The summed E-state index contributed by atoms with van der Waals surface area (Å²) in [4.78, 5) is 3.93. The second-order valence-electron chi connectivity index (χ2n) is 5.36. The summed E-state index contributed by atoms with van der Waals surface area (Å²) in [6, 6.07) is 9.88. The Balaban J connectivity index is 2.28. The maximum atomic E-state index is 8.78. The van der Waals surface area contributed by atoms with Gasteiger partial charge in [0.05, 0.1) is 5.69 Å². The normalized spacial score (nSPS) is 11.3. The van der Waals surface area contributed by atoms with Crippen molar-refractivity contribution in [1.82, 2.24) is 20.1 Å². The van der Waals surface area contributed by atoms with Crippen LogP contribution in [0.1, 0.15) is 32.2 Å². The Hall–Kier alpha value is -2.19. The molecule has 0 amide bonds. The summed E-state index contributed by atoms with van der Waals surface area (Å²) in [6.07, 6.45) is 1.56. The van der Waals surface area contributed by atoms with Gasteiger partial charge in [-0.15, -0.1) is 5.10 Å². The van der Waals surface area contributed by atoms with Gasteiger partial charge in [0, 0.05) is 12.1 Å². The van der Waals surface area contributed by atoms with Crippen LogP contribution in [-0.2, 0) is 6.54 Å². The third-order valence-corrected chi connectivity index (χ3v) is 2.64. The number of hydrogen-bond donors (Lipinski definition) is 1. The van der Waals surface area contributed by atoms with Gasteiger partial charge in [-0.25, -0.2) is 9.67 Å². The first kappa shape index (κ1) is 13.2. The molecule has 1 N–H and O–H groups in total. The highest BCUT2D eigenvalue weighted by atomic mass is 15.3. The maximum Gasteiger partial charge on any atom is 0.252 e. The topological polar surface area (TPSA) is 66.5 Å². The number of nitrogens with zero attached hydrogens (tertiary/aromatic N) is 4. The van der Waals surface area contributed by atoms with E-state index in [4.69, 9.17) is 5.26 Å². The van der Waals surface area contributed by atoms with Gasteiger partial charge < -0.3 is 5.32 Å². The van der Waals surface area contributed by atoms with Gasteiger partial charge in [0.25, 0.3) is 5.82 Å². The highest BCUT2D eigenvalue weighted by molar-refractivity contribution is 5.40. The van der Waals surface area contributed by atoms with Gasteiger partial charge in [-0.1, -0.05) is 18.2 Å². The van der Waals surface area contributed by atoms with Gasteiger partial charge in [-0.3, -0.25) is 0 Å². The molecule has 0 fully saturated rings. The molecule has 1 heterocycles. The third-order valence-electron chi connectivity index (χ3n) is 2.64. The van der Waals surface area contributed by atoms with E-state index in [2.05, 4.69) is 36.2 Å². The lowest BCUT2D eigenvalue weighted by molar-refractivity contribution is 0.424. The van der Waals surface area contributed by atoms with Crippen molar-refractivity contribution in [2.75, 3.05) is 0 Å². The van der Waals surface area contributed by atoms with Gasteiger partial charge in [0.1, 0.15) is 12.4 Å². The maximum absolute atomic E-state index is 8.78. The lowest BCUT2D eigenvalue weighted by Crippen LogP contribution is -2.35. The standard InChI is InChI=1S/C14H17N5/c1-14(2,3)17-9-11-6-4-5-7-12(11)19-10-16-13(8-15)18-19/h4-7,10,17H,9H2,1-3H3. The van der Waals surface area contributed by atoms with Gasteiger partial charge in [0.15, 0.2) is 0 Å². The van der Waals surface area contributed by atoms with Crippen LogP contribution in [0.15, 0.2) is 30.6 Å². The van der Waals surface area contributed by atoms with E-state index in [1.54, 1.807) is 11.0 Å². The van der Waals surface area contributed by atoms with Crippen LogP contribution in [0.25, 0.3) is 5.69 Å². The summed E-state index contributed by atoms with van der Waals surface area (Å²) in [5.74, 6) is 0.179. The van der Waals surface area contributed by atoms with Crippen LogP contribution in [0.4, 0.5) is 0 Å². The zero-order valence-electron chi connectivity index (χ0n) is 11.4. The van der Waals surface area contributed by atoms with Crippen molar-refractivity contribution < 1.29 is 0 Å². The van der Waals surface area contributed by atoms with Gasteiger partial charge >= 0.3 is 0 Å². The van der Waals surface area contributed by atoms with Crippen molar-refractivity contribution in [2.45, 2.75) is 32.9 Å².